The zero-order chi connectivity index (χ0) is 12.8. The summed E-state index contributed by atoms with van der Waals surface area (Å²) in [4.78, 5) is 0. The van der Waals surface area contributed by atoms with Crippen LogP contribution in [0.25, 0.3) is 0 Å². The minimum Gasteiger partial charge on any atom is -0.497 e. The van der Waals surface area contributed by atoms with Gasteiger partial charge in [0, 0.05) is 18.3 Å². The van der Waals surface area contributed by atoms with Crippen LogP contribution in [-0.2, 0) is 0 Å². The Morgan fingerprint density at radius 1 is 1.11 bits per heavy atom. The molecular weight excluding hydrogens is 226 g/mol. The highest BCUT2D eigenvalue weighted by molar-refractivity contribution is 5.48. The molecule has 3 nitrogen and oxygen atoms in total. The fraction of sp³-hybridized carbons (Fsp3) is 0.200. The van der Waals surface area contributed by atoms with Crippen molar-refractivity contribution in [2.75, 3.05) is 19.0 Å². The number of hydrogen-bond acceptors (Lipinski definition) is 3. The van der Waals surface area contributed by atoms with Gasteiger partial charge in [-0.2, -0.15) is 0 Å². The van der Waals surface area contributed by atoms with Gasteiger partial charge >= 0.3 is 0 Å². The van der Waals surface area contributed by atoms with E-state index in [0.29, 0.717) is 6.54 Å². The molecule has 0 amide bonds. The predicted octanol–water partition coefficient (Wildman–Crippen LogP) is 2.84. The third-order valence-electron chi connectivity index (χ3n) is 2.75. The van der Waals surface area contributed by atoms with Crippen LogP contribution in [-0.4, -0.2) is 18.8 Å². The lowest BCUT2D eigenvalue weighted by molar-refractivity contribution is 0.191. The molecule has 1 atom stereocenters. The number of benzene rings is 2. The summed E-state index contributed by atoms with van der Waals surface area (Å²) in [5.74, 6) is 0.800. The Labute approximate surface area is 107 Å². The number of nitrogens with one attached hydrogen (secondary N) is 1. The second-order valence-electron chi connectivity index (χ2n) is 4.04. The summed E-state index contributed by atoms with van der Waals surface area (Å²) < 4.78 is 5.14. The Morgan fingerprint density at radius 2 is 1.89 bits per heavy atom. The van der Waals surface area contributed by atoms with Gasteiger partial charge in [-0.25, -0.2) is 0 Å². The Balaban J connectivity index is 1.95. The van der Waals surface area contributed by atoms with Crippen LogP contribution in [0.5, 0.6) is 5.75 Å². The van der Waals surface area contributed by atoms with Crippen LogP contribution >= 0.6 is 0 Å². The fourth-order valence-corrected chi connectivity index (χ4v) is 1.74. The summed E-state index contributed by atoms with van der Waals surface area (Å²) in [6, 6.07) is 17.3. The molecule has 0 aromatic heterocycles. The van der Waals surface area contributed by atoms with Crippen LogP contribution in [0.2, 0.25) is 0 Å². The molecular formula is C15H17NO2. The summed E-state index contributed by atoms with van der Waals surface area (Å²) in [5, 5.41) is 13.2. The minimum absolute atomic E-state index is 0.469. The molecule has 2 N–H and O–H groups in total. The summed E-state index contributed by atoms with van der Waals surface area (Å²) in [6.07, 6.45) is -0.516. The summed E-state index contributed by atoms with van der Waals surface area (Å²) in [6.45, 7) is 0.469. The van der Waals surface area contributed by atoms with E-state index in [0.717, 1.165) is 17.0 Å². The smallest absolute Gasteiger partial charge is 0.120 e. The second kappa shape index (κ2) is 6.07. The molecule has 94 valence electrons. The molecule has 0 bridgehead atoms. The number of hydrogen-bond donors (Lipinski definition) is 2. The summed E-state index contributed by atoms with van der Waals surface area (Å²) in [5.41, 5.74) is 1.84. The van der Waals surface area contributed by atoms with Crippen molar-refractivity contribution in [2.45, 2.75) is 6.10 Å². The van der Waals surface area contributed by atoms with Crippen molar-refractivity contribution in [1.29, 1.82) is 0 Å². The van der Waals surface area contributed by atoms with Gasteiger partial charge in [-0.05, 0) is 17.7 Å². The molecule has 2 aromatic rings. The van der Waals surface area contributed by atoms with E-state index in [9.17, 15) is 5.11 Å². The second-order valence-corrected chi connectivity index (χ2v) is 4.04. The van der Waals surface area contributed by atoms with Gasteiger partial charge in [-0.1, -0.05) is 36.4 Å². The van der Waals surface area contributed by atoms with Gasteiger partial charge in [0.1, 0.15) is 5.75 Å². The molecule has 2 rings (SSSR count). The third-order valence-corrected chi connectivity index (χ3v) is 2.75. The zero-order valence-corrected chi connectivity index (χ0v) is 10.3. The Hall–Kier alpha value is -2.00. The van der Waals surface area contributed by atoms with Crippen LogP contribution in [0.1, 0.15) is 11.7 Å². The molecule has 0 aliphatic heterocycles. The topological polar surface area (TPSA) is 41.5 Å². The van der Waals surface area contributed by atoms with E-state index in [-0.39, 0.29) is 0 Å². The number of ether oxygens (including phenoxy) is 1. The van der Waals surface area contributed by atoms with E-state index in [1.807, 2.05) is 54.6 Å². The maximum atomic E-state index is 10.0. The molecule has 0 saturated heterocycles. The normalized spacial score (nSPS) is 11.9. The monoisotopic (exact) mass is 243 g/mol. The first-order chi connectivity index (χ1) is 8.79. The lowest BCUT2D eigenvalue weighted by atomic mass is 10.1. The number of rotatable bonds is 5. The standard InChI is InChI=1S/C15H17NO2/c1-18-14-9-5-8-13(10-14)16-11-15(17)12-6-3-2-4-7-12/h2-10,15-17H,11H2,1H3. The average molecular weight is 243 g/mol. The third kappa shape index (κ3) is 3.25. The van der Waals surface area contributed by atoms with Gasteiger partial charge in [0.25, 0.3) is 0 Å². The molecule has 0 fully saturated rings. The highest BCUT2D eigenvalue weighted by atomic mass is 16.5. The van der Waals surface area contributed by atoms with Crippen LogP contribution in [0, 0.1) is 0 Å². The quantitative estimate of drug-likeness (QED) is 0.848. The predicted molar refractivity (Wildman–Crippen MR) is 72.9 cm³/mol. The van der Waals surface area contributed by atoms with E-state index in [1.54, 1.807) is 7.11 Å². The highest BCUT2D eigenvalue weighted by Gasteiger charge is 2.06. The molecule has 0 aliphatic carbocycles. The van der Waals surface area contributed by atoms with Crippen molar-refractivity contribution in [3.8, 4) is 5.75 Å². The Bertz CT molecular complexity index is 485. The zero-order valence-electron chi connectivity index (χ0n) is 10.3. The maximum Gasteiger partial charge on any atom is 0.120 e. The van der Waals surface area contributed by atoms with Crippen molar-refractivity contribution in [3.63, 3.8) is 0 Å². The van der Waals surface area contributed by atoms with Crippen LogP contribution in [0.4, 0.5) is 5.69 Å². The molecule has 0 radical (unpaired) electrons. The Morgan fingerprint density at radius 3 is 2.61 bits per heavy atom. The van der Waals surface area contributed by atoms with Crippen molar-refractivity contribution >= 4 is 5.69 Å². The minimum atomic E-state index is -0.516. The first kappa shape index (κ1) is 12.5. The maximum absolute atomic E-state index is 10.0. The average Bonchev–Trinajstić information content (AvgIpc) is 2.46. The largest absolute Gasteiger partial charge is 0.497 e. The molecule has 1 unspecified atom stereocenters. The van der Waals surface area contributed by atoms with Gasteiger partial charge in [-0.3, -0.25) is 0 Å². The fourth-order valence-electron chi connectivity index (χ4n) is 1.74. The van der Waals surface area contributed by atoms with E-state index in [2.05, 4.69) is 5.32 Å². The van der Waals surface area contributed by atoms with Gasteiger partial charge in [0.15, 0.2) is 0 Å². The Kier molecular flexibility index (Phi) is 4.20. The van der Waals surface area contributed by atoms with Crippen molar-refractivity contribution in [1.82, 2.24) is 0 Å². The molecule has 0 saturated carbocycles. The number of aliphatic hydroxyl groups is 1. The first-order valence-corrected chi connectivity index (χ1v) is 5.90. The number of aliphatic hydroxyl groups excluding tert-OH is 1. The molecule has 0 heterocycles. The van der Waals surface area contributed by atoms with Crippen molar-refractivity contribution < 1.29 is 9.84 Å². The van der Waals surface area contributed by atoms with E-state index in [1.165, 1.54) is 0 Å². The van der Waals surface area contributed by atoms with Gasteiger partial charge < -0.3 is 15.2 Å². The summed E-state index contributed by atoms with van der Waals surface area (Å²) in [7, 11) is 1.64. The summed E-state index contributed by atoms with van der Waals surface area (Å²) >= 11 is 0. The van der Waals surface area contributed by atoms with Crippen LogP contribution < -0.4 is 10.1 Å². The first-order valence-electron chi connectivity index (χ1n) is 5.90. The number of anilines is 1. The molecule has 2 aromatic carbocycles. The van der Waals surface area contributed by atoms with Gasteiger partial charge in [0.05, 0.1) is 13.2 Å². The highest BCUT2D eigenvalue weighted by Crippen LogP contribution is 2.18. The van der Waals surface area contributed by atoms with Gasteiger partial charge in [-0.15, -0.1) is 0 Å². The molecule has 0 spiro atoms. The van der Waals surface area contributed by atoms with Crippen LogP contribution in [0.15, 0.2) is 54.6 Å². The van der Waals surface area contributed by atoms with Crippen molar-refractivity contribution in [3.05, 3.63) is 60.2 Å². The van der Waals surface area contributed by atoms with E-state index < -0.39 is 6.10 Å². The van der Waals surface area contributed by atoms with Crippen LogP contribution in [0.3, 0.4) is 0 Å². The lowest BCUT2D eigenvalue weighted by Crippen LogP contribution is -2.11. The van der Waals surface area contributed by atoms with Gasteiger partial charge in [0.2, 0.25) is 0 Å². The molecule has 0 aliphatic rings. The number of methoxy groups -OCH3 is 1. The molecule has 18 heavy (non-hydrogen) atoms. The lowest BCUT2D eigenvalue weighted by Gasteiger charge is -2.13. The SMILES string of the molecule is COc1cccc(NCC(O)c2ccccc2)c1. The van der Waals surface area contributed by atoms with Crippen molar-refractivity contribution in [2.24, 2.45) is 0 Å². The van der Waals surface area contributed by atoms with E-state index in [4.69, 9.17) is 4.74 Å². The van der Waals surface area contributed by atoms with E-state index >= 15 is 0 Å². The molecule has 3 heteroatoms.